The fourth-order valence-corrected chi connectivity index (χ4v) is 5.67. The van der Waals surface area contributed by atoms with E-state index >= 15 is 0 Å². The molecule has 1 fully saturated rings. The quantitative estimate of drug-likeness (QED) is 0.268. The summed E-state index contributed by atoms with van der Waals surface area (Å²) < 4.78 is 5.97. The Morgan fingerprint density at radius 1 is 0.862 bits per heavy atom. The maximum Gasteiger partial charge on any atom is 0.119 e. The van der Waals surface area contributed by atoms with Crippen LogP contribution >= 0.6 is 0 Å². The highest BCUT2D eigenvalue weighted by molar-refractivity contribution is 5.30. The Kier molecular flexibility index (Phi) is 9.64. The van der Waals surface area contributed by atoms with E-state index in [1.54, 1.807) is 5.56 Å². The molecule has 0 aromatic heterocycles. The highest BCUT2D eigenvalue weighted by atomic mass is 16.5. The van der Waals surface area contributed by atoms with Crippen LogP contribution in [-0.2, 0) is 0 Å². The highest BCUT2D eigenvalue weighted by Crippen LogP contribution is 2.44. The summed E-state index contributed by atoms with van der Waals surface area (Å²) in [5.74, 6) is 4.54. The van der Waals surface area contributed by atoms with Gasteiger partial charge in [-0.25, -0.2) is 0 Å². The molecule has 3 rings (SSSR count). The number of unbranched alkanes of at least 4 members (excludes halogenated alkanes) is 2. The molecular formula is C28H44O. The maximum absolute atomic E-state index is 5.97. The van der Waals surface area contributed by atoms with E-state index in [9.17, 15) is 0 Å². The third-order valence-corrected chi connectivity index (χ3v) is 7.45. The van der Waals surface area contributed by atoms with Crippen LogP contribution < -0.4 is 4.74 Å². The fraction of sp³-hybridized carbons (Fsp3) is 0.714. The first-order valence-electron chi connectivity index (χ1n) is 12.7. The van der Waals surface area contributed by atoms with Gasteiger partial charge in [-0.1, -0.05) is 76.7 Å². The molecule has 1 nitrogen and oxygen atoms in total. The van der Waals surface area contributed by atoms with Gasteiger partial charge in [0.1, 0.15) is 5.75 Å². The van der Waals surface area contributed by atoms with Crippen LogP contribution in [0.25, 0.3) is 0 Å². The van der Waals surface area contributed by atoms with Gasteiger partial charge in [-0.15, -0.1) is 0 Å². The summed E-state index contributed by atoms with van der Waals surface area (Å²) in [6, 6.07) is 9.24. The molecule has 2 atom stereocenters. The zero-order valence-corrected chi connectivity index (χ0v) is 19.1. The molecule has 1 aromatic rings. The molecule has 0 amide bonds. The molecule has 2 unspecified atom stereocenters. The Morgan fingerprint density at radius 3 is 2.31 bits per heavy atom. The van der Waals surface area contributed by atoms with Gasteiger partial charge < -0.3 is 4.74 Å². The average molecular weight is 397 g/mol. The monoisotopic (exact) mass is 396 g/mol. The molecular weight excluding hydrogens is 352 g/mol. The van der Waals surface area contributed by atoms with E-state index in [1.165, 1.54) is 77.0 Å². The van der Waals surface area contributed by atoms with E-state index in [-0.39, 0.29) is 0 Å². The molecule has 1 aromatic carbocycles. The first kappa shape index (κ1) is 22.4. The molecule has 0 heterocycles. The minimum Gasteiger partial charge on any atom is -0.494 e. The third kappa shape index (κ3) is 7.19. The van der Waals surface area contributed by atoms with Crippen molar-refractivity contribution < 1.29 is 4.74 Å². The smallest absolute Gasteiger partial charge is 0.119 e. The van der Waals surface area contributed by atoms with Crippen LogP contribution in [0.4, 0.5) is 0 Å². The number of hydrogen-bond acceptors (Lipinski definition) is 1. The molecule has 0 aliphatic heterocycles. The van der Waals surface area contributed by atoms with Crippen molar-refractivity contribution >= 4 is 0 Å². The lowest BCUT2D eigenvalue weighted by atomic mass is 9.69. The highest BCUT2D eigenvalue weighted by Gasteiger charge is 2.30. The van der Waals surface area contributed by atoms with Crippen LogP contribution in [0, 0.1) is 17.8 Å². The number of allylic oxidation sites excluding steroid dienone is 2. The Labute approximate surface area is 180 Å². The second-order valence-electron chi connectivity index (χ2n) is 9.69. The Bertz CT molecular complexity index is 579. The van der Waals surface area contributed by atoms with Gasteiger partial charge in [0.15, 0.2) is 0 Å². The minimum atomic E-state index is 0.739. The lowest BCUT2D eigenvalue weighted by Gasteiger charge is -2.36. The summed E-state index contributed by atoms with van der Waals surface area (Å²) in [6.07, 6.45) is 22.4. The molecule has 1 heteroatoms. The maximum atomic E-state index is 5.97. The standard InChI is InChI=1S/C28H44O/c1-3-5-9-21-29-27-19-17-26(18-20-27)28(22-24-11-7-6-8-12-24)25-15-13-23(10-4-2)14-16-25/h6-7,17-20,23-25,28H,3-5,8-16,21-22H2,1-2H3. The summed E-state index contributed by atoms with van der Waals surface area (Å²) in [6.45, 7) is 5.44. The van der Waals surface area contributed by atoms with Gasteiger partial charge in [-0.05, 0) is 86.3 Å². The topological polar surface area (TPSA) is 9.23 Å². The lowest BCUT2D eigenvalue weighted by molar-refractivity contribution is 0.211. The molecule has 0 bridgehead atoms. The van der Waals surface area contributed by atoms with Gasteiger partial charge >= 0.3 is 0 Å². The van der Waals surface area contributed by atoms with E-state index in [4.69, 9.17) is 4.74 Å². The van der Waals surface area contributed by atoms with Crippen molar-refractivity contribution in [1.82, 2.24) is 0 Å². The van der Waals surface area contributed by atoms with E-state index in [2.05, 4.69) is 50.3 Å². The summed E-state index contributed by atoms with van der Waals surface area (Å²) >= 11 is 0. The molecule has 0 saturated heterocycles. The van der Waals surface area contributed by atoms with Crippen molar-refractivity contribution in [2.24, 2.45) is 17.8 Å². The van der Waals surface area contributed by atoms with E-state index in [1.807, 2.05) is 0 Å². The van der Waals surface area contributed by atoms with Gasteiger partial charge in [0.05, 0.1) is 6.61 Å². The van der Waals surface area contributed by atoms with Crippen LogP contribution in [0.2, 0.25) is 0 Å². The van der Waals surface area contributed by atoms with Crippen LogP contribution in [0.3, 0.4) is 0 Å². The van der Waals surface area contributed by atoms with Crippen LogP contribution in [0.1, 0.15) is 109 Å². The predicted octanol–water partition coefficient (Wildman–Crippen LogP) is 8.69. The van der Waals surface area contributed by atoms with E-state index in [0.29, 0.717) is 0 Å². The van der Waals surface area contributed by atoms with Crippen molar-refractivity contribution in [1.29, 1.82) is 0 Å². The number of benzene rings is 1. The van der Waals surface area contributed by atoms with Crippen molar-refractivity contribution in [3.63, 3.8) is 0 Å². The molecule has 2 aliphatic carbocycles. The molecule has 0 N–H and O–H groups in total. The molecule has 2 aliphatic rings. The van der Waals surface area contributed by atoms with Crippen molar-refractivity contribution in [2.45, 2.75) is 103 Å². The van der Waals surface area contributed by atoms with Gasteiger partial charge in [-0.2, -0.15) is 0 Å². The summed E-state index contributed by atoms with van der Waals surface area (Å²) in [5.41, 5.74) is 1.57. The average Bonchev–Trinajstić information content (AvgIpc) is 2.77. The number of rotatable bonds is 11. The summed E-state index contributed by atoms with van der Waals surface area (Å²) in [5, 5.41) is 0. The molecule has 29 heavy (non-hydrogen) atoms. The molecule has 0 spiro atoms. The molecule has 1 saturated carbocycles. The van der Waals surface area contributed by atoms with Gasteiger partial charge in [-0.3, -0.25) is 0 Å². The fourth-order valence-electron chi connectivity index (χ4n) is 5.67. The Hall–Kier alpha value is -1.24. The zero-order valence-electron chi connectivity index (χ0n) is 19.1. The van der Waals surface area contributed by atoms with E-state index in [0.717, 1.165) is 42.4 Å². The van der Waals surface area contributed by atoms with Gasteiger partial charge in [0, 0.05) is 0 Å². The van der Waals surface area contributed by atoms with Gasteiger partial charge in [0.25, 0.3) is 0 Å². The molecule has 162 valence electrons. The Balaban J connectivity index is 1.63. The second kappa shape index (κ2) is 12.5. The first-order chi connectivity index (χ1) is 14.3. The number of hydrogen-bond donors (Lipinski definition) is 0. The SMILES string of the molecule is CCCCCOc1ccc(C(CC2CC=CCC2)C2CCC(CCC)CC2)cc1. The van der Waals surface area contributed by atoms with Crippen LogP contribution in [-0.4, -0.2) is 6.61 Å². The normalized spacial score (nSPS) is 25.7. The first-order valence-corrected chi connectivity index (χ1v) is 12.7. The van der Waals surface area contributed by atoms with E-state index < -0.39 is 0 Å². The molecule has 0 radical (unpaired) electrons. The summed E-state index contributed by atoms with van der Waals surface area (Å²) in [7, 11) is 0. The second-order valence-corrected chi connectivity index (χ2v) is 9.69. The lowest BCUT2D eigenvalue weighted by Crippen LogP contribution is -2.23. The van der Waals surface area contributed by atoms with Crippen molar-refractivity contribution in [2.75, 3.05) is 6.61 Å². The number of ether oxygens (including phenoxy) is 1. The van der Waals surface area contributed by atoms with Crippen LogP contribution in [0.15, 0.2) is 36.4 Å². The van der Waals surface area contributed by atoms with Crippen molar-refractivity contribution in [3.05, 3.63) is 42.0 Å². The summed E-state index contributed by atoms with van der Waals surface area (Å²) in [4.78, 5) is 0. The minimum absolute atomic E-state index is 0.739. The zero-order chi connectivity index (χ0) is 20.3. The third-order valence-electron chi connectivity index (χ3n) is 7.45. The Morgan fingerprint density at radius 2 is 1.66 bits per heavy atom. The van der Waals surface area contributed by atoms with Crippen LogP contribution in [0.5, 0.6) is 5.75 Å². The van der Waals surface area contributed by atoms with Gasteiger partial charge in [0.2, 0.25) is 0 Å². The predicted molar refractivity (Wildman–Crippen MR) is 126 cm³/mol. The van der Waals surface area contributed by atoms with Crippen molar-refractivity contribution in [3.8, 4) is 5.75 Å². The largest absolute Gasteiger partial charge is 0.494 e.